The van der Waals surface area contributed by atoms with Crippen molar-refractivity contribution >= 4 is 6.79 Å². The SMILES string of the molecule is [CH-]=O.[V].[V].[V].[V].[V].[V].[V].[V].[V].[V].[V].[V]. The van der Waals surface area contributed by atoms with Gasteiger partial charge < -0.3 is 4.79 Å². The van der Waals surface area contributed by atoms with Crippen LogP contribution in [0.25, 0.3) is 0 Å². The molecule has 0 amide bonds. The van der Waals surface area contributed by atoms with Crippen molar-refractivity contribution in [2.45, 2.75) is 0 Å². The van der Waals surface area contributed by atoms with Gasteiger partial charge in [-0.25, -0.2) is 0 Å². The maximum absolute atomic E-state index is 7.75. The fourth-order valence-corrected chi connectivity index (χ4v) is 0. The minimum Gasteiger partial charge on any atom is -0.545 e. The van der Waals surface area contributed by atoms with Gasteiger partial charge in [-0.05, 0) is 0 Å². The van der Waals surface area contributed by atoms with E-state index in [1.807, 2.05) is 0 Å². The van der Waals surface area contributed by atoms with Gasteiger partial charge in [0.1, 0.15) is 0 Å². The van der Waals surface area contributed by atoms with Gasteiger partial charge in [0.25, 0.3) is 0 Å². The molecule has 0 rings (SSSR count). The molecule has 0 N–H and O–H groups in total. The second-order valence-corrected chi connectivity index (χ2v) is 0. The van der Waals surface area contributed by atoms with Gasteiger partial charge in [0.05, 0.1) is 0 Å². The topological polar surface area (TPSA) is 17.1 Å². The molecule has 0 spiro atoms. The van der Waals surface area contributed by atoms with Crippen LogP contribution >= 0.6 is 0 Å². The first-order valence-corrected chi connectivity index (χ1v) is 0.236. The molecule has 0 bridgehead atoms. The maximum atomic E-state index is 7.75. The predicted molar refractivity (Wildman–Crippen MR) is 6.75 cm³/mol. The van der Waals surface area contributed by atoms with E-state index in [9.17, 15) is 0 Å². The van der Waals surface area contributed by atoms with Crippen molar-refractivity contribution in [1.82, 2.24) is 0 Å². The average Bonchev–Trinajstić information content (AvgIpc) is 1.00. The van der Waals surface area contributed by atoms with Gasteiger partial charge in [0.2, 0.25) is 0 Å². The summed E-state index contributed by atoms with van der Waals surface area (Å²) in [6.45, 7) is 3.25. The maximum Gasteiger partial charge on any atom is 0 e. The minimum atomic E-state index is 0. The number of rotatable bonds is 0. The first-order chi connectivity index (χ1) is 1.00. The minimum absolute atomic E-state index is 0. The molecule has 0 saturated heterocycles. The van der Waals surface area contributed by atoms with Crippen molar-refractivity contribution in [2.75, 3.05) is 0 Å². The van der Waals surface area contributed by atoms with Gasteiger partial charge in [0, 0.05) is 223 Å². The second-order valence-electron chi connectivity index (χ2n) is 0. The van der Waals surface area contributed by atoms with Gasteiger partial charge in [-0.1, -0.05) is 0 Å². The van der Waals surface area contributed by atoms with Crippen molar-refractivity contribution in [3.8, 4) is 0 Å². The van der Waals surface area contributed by atoms with E-state index in [1.165, 1.54) is 0 Å². The van der Waals surface area contributed by atoms with E-state index in [0.29, 0.717) is 0 Å². The first kappa shape index (κ1) is 136. The van der Waals surface area contributed by atoms with Crippen molar-refractivity contribution in [2.24, 2.45) is 0 Å². The van der Waals surface area contributed by atoms with Crippen LogP contribution < -0.4 is 0 Å². The van der Waals surface area contributed by atoms with Crippen LogP contribution in [0.5, 0.6) is 0 Å². The Hall–Kier alpha value is 6.68. The molecule has 0 atom stereocenters. The molecule has 0 aliphatic carbocycles. The third-order valence-electron chi connectivity index (χ3n) is 0. The Morgan fingerprint density at radius 2 is 0.286 bits per heavy atom. The van der Waals surface area contributed by atoms with Crippen LogP contribution in [0.4, 0.5) is 0 Å². The average molecular weight is 640 g/mol. The molecule has 13 heteroatoms. The van der Waals surface area contributed by atoms with E-state index >= 15 is 0 Å². The fraction of sp³-hybridized carbons (Fsp3) is 0. The van der Waals surface area contributed by atoms with Crippen LogP contribution in [0.3, 0.4) is 0 Å². The molecule has 0 aromatic rings. The predicted octanol–water partition coefficient (Wildman–Crippen LogP) is -0.304. The molecule has 0 unspecified atom stereocenters. The van der Waals surface area contributed by atoms with Crippen LogP contribution in [0, 0.1) is 0 Å². The molecular weight excluding hydrogens is 639 g/mol. The summed E-state index contributed by atoms with van der Waals surface area (Å²) >= 11 is 0. The molecule has 0 aliphatic rings. The molecule has 0 aliphatic heterocycles. The summed E-state index contributed by atoms with van der Waals surface area (Å²) in [5.41, 5.74) is 0. The third kappa shape index (κ3) is 131. The molecule has 1 nitrogen and oxygen atoms in total. The quantitative estimate of drug-likeness (QED) is 0.263. The zero-order valence-electron chi connectivity index (χ0n) is 6.35. The van der Waals surface area contributed by atoms with E-state index < -0.39 is 0 Å². The Kier molecular flexibility index (Phi) is 1490. The molecule has 0 saturated carbocycles. The number of carbonyl (C=O) groups excluding carboxylic acids is 1. The van der Waals surface area contributed by atoms with Gasteiger partial charge in [0.15, 0.2) is 0 Å². The van der Waals surface area contributed by atoms with Crippen molar-refractivity contribution in [1.29, 1.82) is 0 Å². The number of hydrogen-bond donors (Lipinski definition) is 0. The zero-order valence-corrected chi connectivity index (χ0v) is 23.1. The van der Waals surface area contributed by atoms with Gasteiger partial charge in [-0.3, -0.25) is 6.79 Å². The summed E-state index contributed by atoms with van der Waals surface area (Å²) in [6.07, 6.45) is 0. The second kappa shape index (κ2) is 154. The molecule has 0 aromatic heterocycles. The van der Waals surface area contributed by atoms with Crippen LogP contribution in [0.1, 0.15) is 0 Å². The molecular formula is CHOV12-. The fourth-order valence-electron chi connectivity index (χ4n) is 0. The largest absolute Gasteiger partial charge is 0.545 e. The van der Waals surface area contributed by atoms with Crippen LogP contribution in [0.2, 0.25) is 0 Å². The molecule has 0 aromatic carbocycles. The molecule has 0 fully saturated rings. The van der Waals surface area contributed by atoms with Crippen LogP contribution in [-0.2, 0) is 227 Å². The van der Waals surface area contributed by atoms with E-state index in [2.05, 4.69) is 6.79 Å². The molecule has 72 valence electrons. The Bertz CT molecular complexity index is 10.3. The first-order valence-electron chi connectivity index (χ1n) is 0.236. The molecule has 14 heavy (non-hydrogen) atoms. The van der Waals surface area contributed by atoms with E-state index in [-0.39, 0.29) is 223 Å². The van der Waals surface area contributed by atoms with Crippen molar-refractivity contribution in [3.63, 3.8) is 0 Å². The zero-order chi connectivity index (χ0) is 2.00. The molecule has 12 radical (unpaired) electrons. The summed E-state index contributed by atoms with van der Waals surface area (Å²) in [5, 5.41) is 0. The summed E-state index contributed by atoms with van der Waals surface area (Å²) in [7, 11) is 0. The monoisotopic (exact) mass is 640 g/mol. The standard InChI is InChI=1S/CHO.12V/c1-2;;;;;;;;;;;;/h1H;;;;;;;;;;;;/q-1;;;;;;;;;;;;. The Balaban J connectivity index is -0.0000000000758. The summed E-state index contributed by atoms with van der Waals surface area (Å²) in [5.74, 6) is 0. The van der Waals surface area contributed by atoms with Gasteiger partial charge in [-0.15, -0.1) is 0 Å². The molecule has 0 heterocycles. The summed E-state index contributed by atoms with van der Waals surface area (Å²) in [4.78, 5) is 7.75. The van der Waals surface area contributed by atoms with Gasteiger partial charge >= 0.3 is 0 Å². The Labute approximate surface area is 229 Å². The van der Waals surface area contributed by atoms with E-state index in [4.69, 9.17) is 4.79 Å². The summed E-state index contributed by atoms with van der Waals surface area (Å²) < 4.78 is 0. The van der Waals surface area contributed by atoms with Crippen molar-refractivity contribution in [3.05, 3.63) is 0 Å². The smallest absolute Gasteiger partial charge is 0 e. The number of hydrogen-bond acceptors (Lipinski definition) is 1. The third-order valence-corrected chi connectivity index (χ3v) is 0. The van der Waals surface area contributed by atoms with E-state index in [0.717, 1.165) is 0 Å². The van der Waals surface area contributed by atoms with Crippen molar-refractivity contribution < 1.29 is 227 Å². The van der Waals surface area contributed by atoms with Crippen LogP contribution in [-0.4, -0.2) is 6.79 Å². The Morgan fingerprint density at radius 1 is 0.286 bits per heavy atom. The van der Waals surface area contributed by atoms with E-state index in [1.54, 1.807) is 0 Å². The Morgan fingerprint density at radius 3 is 0.286 bits per heavy atom. The normalized spacial score (nSPS) is 0.286. The summed E-state index contributed by atoms with van der Waals surface area (Å²) in [6, 6.07) is 0. The van der Waals surface area contributed by atoms with Crippen LogP contribution in [0.15, 0.2) is 0 Å². The van der Waals surface area contributed by atoms with Gasteiger partial charge in [-0.2, -0.15) is 0 Å².